The Morgan fingerprint density at radius 2 is 1.89 bits per heavy atom. The van der Waals surface area contributed by atoms with E-state index >= 15 is 0 Å². The minimum absolute atomic E-state index is 0.435. The zero-order chi connectivity index (χ0) is 20.4. The molecule has 150 valence electrons. The molecule has 0 atom stereocenters. The van der Waals surface area contributed by atoms with E-state index in [1.807, 2.05) is 37.3 Å². The Morgan fingerprint density at radius 3 is 2.61 bits per heavy atom. The van der Waals surface area contributed by atoms with Gasteiger partial charge in [-0.1, -0.05) is 23.8 Å². The minimum atomic E-state index is 0.435. The van der Waals surface area contributed by atoms with E-state index in [-0.39, 0.29) is 0 Å². The van der Waals surface area contributed by atoms with Crippen molar-refractivity contribution in [2.45, 2.75) is 20.3 Å². The van der Waals surface area contributed by atoms with Gasteiger partial charge in [0.15, 0.2) is 16.6 Å². The van der Waals surface area contributed by atoms with Crippen LogP contribution in [0.5, 0.6) is 17.2 Å². The van der Waals surface area contributed by atoms with Crippen molar-refractivity contribution in [2.75, 3.05) is 27.4 Å². The van der Waals surface area contributed by atoms with E-state index in [9.17, 15) is 0 Å². The summed E-state index contributed by atoms with van der Waals surface area (Å²) < 4.78 is 17.2. The van der Waals surface area contributed by atoms with E-state index in [1.54, 1.807) is 20.4 Å². The molecule has 28 heavy (non-hydrogen) atoms. The number of hydrazone groups is 1. The SMILES string of the molecule is CNC(=S)N/N=C/c1cccc(OC)c1OCCCOc1ccc(C)cc1C. The Morgan fingerprint density at radius 1 is 1.11 bits per heavy atom. The fraction of sp³-hybridized carbons (Fsp3) is 0.333. The molecule has 7 heteroatoms. The predicted octanol–water partition coefficient (Wildman–Crippen LogP) is 3.59. The first-order valence-electron chi connectivity index (χ1n) is 9.05. The third kappa shape index (κ3) is 6.42. The molecule has 0 saturated carbocycles. The van der Waals surface area contributed by atoms with Crippen LogP contribution in [0.3, 0.4) is 0 Å². The number of ether oxygens (including phenoxy) is 3. The minimum Gasteiger partial charge on any atom is -0.493 e. The van der Waals surface area contributed by atoms with Crippen molar-refractivity contribution in [1.82, 2.24) is 10.7 Å². The number of nitrogens with zero attached hydrogens (tertiary/aromatic N) is 1. The van der Waals surface area contributed by atoms with Crippen LogP contribution in [0, 0.1) is 13.8 Å². The van der Waals surface area contributed by atoms with Crippen LogP contribution in [0.1, 0.15) is 23.1 Å². The molecule has 0 saturated heterocycles. The zero-order valence-corrected chi connectivity index (χ0v) is 17.6. The zero-order valence-electron chi connectivity index (χ0n) is 16.7. The van der Waals surface area contributed by atoms with Gasteiger partial charge in [0.1, 0.15) is 5.75 Å². The van der Waals surface area contributed by atoms with E-state index in [4.69, 9.17) is 26.4 Å². The summed E-state index contributed by atoms with van der Waals surface area (Å²) in [6.45, 7) is 5.18. The quantitative estimate of drug-likeness (QED) is 0.290. The van der Waals surface area contributed by atoms with Gasteiger partial charge in [0, 0.05) is 19.0 Å². The van der Waals surface area contributed by atoms with Crippen LogP contribution >= 0.6 is 12.2 Å². The highest BCUT2D eigenvalue weighted by atomic mass is 32.1. The Bertz CT molecular complexity index is 825. The number of thiocarbonyl (C=S) groups is 1. The molecule has 0 spiro atoms. The van der Waals surface area contributed by atoms with Crippen molar-refractivity contribution in [3.05, 3.63) is 53.1 Å². The van der Waals surface area contributed by atoms with E-state index in [2.05, 4.69) is 28.8 Å². The molecule has 0 radical (unpaired) electrons. The molecule has 0 aliphatic heterocycles. The van der Waals surface area contributed by atoms with Gasteiger partial charge in [0.2, 0.25) is 0 Å². The number of benzene rings is 2. The van der Waals surface area contributed by atoms with Gasteiger partial charge in [-0.15, -0.1) is 0 Å². The van der Waals surface area contributed by atoms with Gasteiger partial charge in [-0.3, -0.25) is 5.43 Å². The highest BCUT2D eigenvalue weighted by molar-refractivity contribution is 7.80. The van der Waals surface area contributed by atoms with Crippen molar-refractivity contribution < 1.29 is 14.2 Å². The Hall–Kier alpha value is -2.80. The van der Waals surface area contributed by atoms with Gasteiger partial charge in [-0.25, -0.2) is 0 Å². The fourth-order valence-corrected chi connectivity index (χ4v) is 2.60. The lowest BCUT2D eigenvalue weighted by molar-refractivity contribution is 0.239. The van der Waals surface area contributed by atoms with Crippen LogP contribution in [0.2, 0.25) is 0 Å². The first kappa shape index (κ1) is 21.5. The van der Waals surface area contributed by atoms with Crippen LogP contribution in [-0.2, 0) is 0 Å². The maximum Gasteiger partial charge on any atom is 0.186 e. The number of hydrogen-bond donors (Lipinski definition) is 2. The summed E-state index contributed by atoms with van der Waals surface area (Å²) in [5, 5.41) is 7.34. The van der Waals surface area contributed by atoms with Crippen LogP contribution in [0.4, 0.5) is 0 Å². The molecule has 0 amide bonds. The lowest BCUT2D eigenvalue weighted by Gasteiger charge is -2.14. The average Bonchev–Trinajstić information content (AvgIpc) is 2.69. The van der Waals surface area contributed by atoms with Gasteiger partial charge < -0.3 is 19.5 Å². The molecule has 0 unspecified atom stereocenters. The lowest BCUT2D eigenvalue weighted by Crippen LogP contribution is -2.28. The molecule has 0 fully saturated rings. The third-order valence-corrected chi connectivity index (χ3v) is 4.24. The molecule has 0 aliphatic carbocycles. The third-order valence-electron chi connectivity index (χ3n) is 3.95. The number of para-hydroxylation sites is 1. The maximum absolute atomic E-state index is 5.96. The van der Waals surface area contributed by atoms with Crippen molar-refractivity contribution in [3.63, 3.8) is 0 Å². The Labute approximate surface area is 171 Å². The van der Waals surface area contributed by atoms with Crippen molar-refractivity contribution in [1.29, 1.82) is 0 Å². The van der Waals surface area contributed by atoms with E-state index < -0.39 is 0 Å². The van der Waals surface area contributed by atoms with Gasteiger partial charge in [-0.05, 0) is 49.8 Å². The molecule has 0 aliphatic rings. The summed E-state index contributed by atoms with van der Waals surface area (Å²) in [7, 11) is 3.34. The molecule has 2 rings (SSSR count). The summed E-state index contributed by atoms with van der Waals surface area (Å²) in [5.41, 5.74) is 5.88. The molecule has 0 aromatic heterocycles. The van der Waals surface area contributed by atoms with Gasteiger partial charge in [-0.2, -0.15) is 5.10 Å². The normalized spacial score (nSPS) is 10.6. The maximum atomic E-state index is 5.96. The molecule has 0 heterocycles. The second-order valence-electron chi connectivity index (χ2n) is 6.15. The summed E-state index contributed by atoms with van der Waals surface area (Å²) in [6, 6.07) is 11.8. The van der Waals surface area contributed by atoms with Gasteiger partial charge in [0.05, 0.1) is 26.5 Å². The molecule has 2 aromatic rings. The molecular weight excluding hydrogens is 374 g/mol. The first-order chi connectivity index (χ1) is 13.5. The monoisotopic (exact) mass is 401 g/mol. The first-order valence-corrected chi connectivity index (χ1v) is 9.46. The molecule has 2 aromatic carbocycles. The predicted molar refractivity (Wildman–Crippen MR) is 117 cm³/mol. The highest BCUT2D eigenvalue weighted by Gasteiger charge is 2.09. The van der Waals surface area contributed by atoms with Crippen LogP contribution < -0.4 is 25.0 Å². The summed E-state index contributed by atoms with van der Waals surface area (Å²) >= 11 is 5.00. The van der Waals surface area contributed by atoms with E-state index in [0.29, 0.717) is 29.8 Å². The number of hydrogen-bond acceptors (Lipinski definition) is 5. The van der Waals surface area contributed by atoms with Gasteiger partial charge >= 0.3 is 0 Å². The van der Waals surface area contributed by atoms with Crippen molar-refractivity contribution in [2.24, 2.45) is 5.10 Å². The standard InChI is InChI=1S/C21H27N3O3S/c1-15-9-10-18(16(2)13-15)26-11-6-12-27-20-17(7-5-8-19(20)25-4)14-23-24-21(28)22-3/h5,7-10,13-14H,6,11-12H2,1-4H3,(H2,22,24,28)/b23-14+. The number of methoxy groups -OCH3 is 1. The number of aryl methyl sites for hydroxylation is 2. The van der Waals surface area contributed by atoms with E-state index in [1.165, 1.54) is 5.56 Å². The topological polar surface area (TPSA) is 64.1 Å². The highest BCUT2D eigenvalue weighted by Crippen LogP contribution is 2.30. The van der Waals surface area contributed by atoms with Crippen molar-refractivity contribution in [3.8, 4) is 17.2 Å². The second-order valence-corrected chi connectivity index (χ2v) is 6.56. The smallest absolute Gasteiger partial charge is 0.186 e. The molecule has 2 N–H and O–H groups in total. The van der Waals surface area contributed by atoms with Crippen LogP contribution in [0.15, 0.2) is 41.5 Å². The summed E-state index contributed by atoms with van der Waals surface area (Å²) in [4.78, 5) is 0. The Kier molecular flexibility index (Phi) is 8.55. The summed E-state index contributed by atoms with van der Waals surface area (Å²) in [6.07, 6.45) is 2.39. The second kappa shape index (κ2) is 11.1. The molecule has 0 bridgehead atoms. The summed E-state index contributed by atoms with van der Waals surface area (Å²) in [5.74, 6) is 2.19. The molecule has 6 nitrogen and oxygen atoms in total. The average molecular weight is 402 g/mol. The molecular formula is C21H27N3O3S. The number of nitrogens with one attached hydrogen (secondary N) is 2. The van der Waals surface area contributed by atoms with Crippen molar-refractivity contribution >= 4 is 23.5 Å². The lowest BCUT2D eigenvalue weighted by atomic mass is 10.1. The van der Waals surface area contributed by atoms with E-state index in [0.717, 1.165) is 23.3 Å². The number of rotatable bonds is 9. The van der Waals surface area contributed by atoms with Crippen LogP contribution in [0.25, 0.3) is 0 Å². The largest absolute Gasteiger partial charge is 0.493 e. The Balaban J connectivity index is 1.92. The van der Waals surface area contributed by atoms with Gasteiger partial charge in [0.25, 0.3) is 0 Å². The van der Waals surface area contributed by atoms with Crippen LogP contribution in [-0.4, -0.2) is 38.7 Å². The fourth-order valence-electron chi connectivity index (χ4n) is 2.54.